The highest BCUT2D eigenvalue weighted by Gasteiger charge is 2.24. The second-order valence-corrected chi connectivity index (χ2v) is 3.56. The number of nitriles is 1. The third-order valence-electron chi connectivity index (χ3n) is 2.62. The summed E-state index contributed by atoms with van der Waals surface area (Å²) in [6.07, 6.45) is 2.65. The van der Waals surface area contributed by atoms with Crippen LogP contribution in [0.15, 0.2) is 12.4 Å². The molecule has 2 aromatic rings. The van der Waals surface area contributed by atoms with E-state index in [9.17, 15) is 9.59 Å². The number of aromatic amines is 1. The van der Waals surface area contributed by atoms with Crippen molar-refractivity contribution in [2.75, 3.05) is 14.2 Å². The van der Waals surface area contributed by atoms with E-state index in [2.05, 4.69) is 14.7 Å². The van der Waals surface area contributed by atoms with E-state index in [0.717, 1.165) is 7.11 Å². The van der Waals surface area contributed by atoms with Gasteiger partial charge in [0.2, 0.25) is 0 Å². The van der Waals surface area contributed by atoms with Crippen LogP contribution in [0.3, 0.4) is 0 Å². The van der Waals surface area contributed by atoms with Gasteiger partial charge in [-0.05, 0) is 0 Å². The molecule has 0 aliphatic rings. The number of hydrogen-bond acceptors (Lipinski definition) is 6. The molecule has 19 heavy (non-hydrogen) atoms. The molecule has 0 radical (unpaired) electrons. The summed E-state index contributed by atoms with van der Waals surface area (Å²) < 4.78 is 9.48. The van der Waals surface area contributed by atoms with Crippen LogP contribution in [-0.2, 0) is 9.53 Å². The Morgan fingerprint density at radius 1 is 1.42 bits per heavy atom. The summed E-state index contributed by atoms with van der Waals surface area (Å²) in [5.74, 6) is -1.51. The van der Waals surface area contributed by atoms with Crippen LogP contribution in [0.5, 0.6) is 5.75 Å². The zero-order valence-electron chi connectivity index (χ0n) is 10.2. The van der Waals surface area contributed by atoms with Gasteiger partial charge in [0.05, 0.1) is 36.9 Å². The predicted molar refractivity (Wildman–Crippen MR) is 63.7 cm³/mol. The summed E-state index contributed by atoms with van der Waals surface area (Å²) >= 11 is 0. The maximum atomic E-state index is 11.9. The molecular weight excluding hydrogens is 250 g/mol. The van der Waals surface area contributed by atoms with Crippen LogP contribution in [0.25, 0.3) is 10.9 Å². The molecule has 96 valence electrons. The lowest BCUT2D eigenvalue weighted by Gasteiger charge is -2.04. The second kappa shape index (κ2) is 4.78. The van der Waals surface area contributed by atoms with Gasteiger partial charge in [-0.25, -0.2) is 9.78 Å². The van der Waals surface area contributed by atoms with Crippen LogP contribution < -0.4 is 4.74 Å². The van der Waals surface area contributed by atoms with E-state index >= 15 is 0 Å². The highest BCUT2D eigenvalue weighted by atomic mass is 16.5. The first-order chi connectivity index (χ1) is 9.13. The molecular formula is C12H9N3O4. The van der Waals surface area contributed by atoms with E-state index in [4.69, 9.17) is 10.00 Å². The van der Waals surface area contributed by atoms with Crippen molar-refractivity contribution in [2.45, 2.75) is 0 Å². The summed E-state index contributed by atoms with van der Waals surface area (Å²) in [5, 5.41) is 9.29. The van der Waals surface area contributed by atoms with Gasteiger partial charge in [0, 0.05) is 6.20 Å². The van der Waals surface area contributed by atoms with Gasteiger partial charge in [-0.3, -0.25) is 4.79 Å². The van der Waals surface area contributed by atoms with E-state index in [1.807, 2.05) is 6.07 Å². The van der Waals surface area contributed by atoms with Gasteiger partial charge >= 0.3 is 5.97 Å². The molecule has 2 heterocycles. The number of esters is 1. The number of ketones is 1. The standard InChI is InChI=1S/C12H9N3O4/c1-18-8-5-14-7(3-13)10-9(8)6(4-15-10)11(16)12(17)19-2/h4-5,15H,1-2H3. The topological polar surface area (TPSA) is 105 Å². The summed E-state index contributed by atoms with van der Waals surface area (Å²) in [7, 11) is 2.52. The maximum absolute atomic E-state index is 11.9. The molecule has 2 aromatic heterocycles. The molecule has 0 unspecified atom stereocenters. The second-order valence-electron chi connectivity index (χ2n) is 3.56. The minimum absolute atomic E-state index is 0.0811. The van der Waals surface area contributed by atoms with E-state index in [1.165, 1.54) is 19.5 Å². The summed E-state index contributed by atoms with van der Waals surface area (Å²) in [6, 6.07) is 1.89. The highest BCUT2D eigenvalue weighted by molar-refractivity contribution is 6.43. The summed E-state index contributed by atoms with van der Waals surface area (Å²) in [6.45, 7) is 0. The first-order valence-electron chi connectivity index (χ1n) is 5.20. The number of carbonyl (C=O) groups excluding carboxylic acids is 2. The normalized spacial score (nSPS) is 9.95. The average molecular weight is 259 g/mol. The quantitative estimate of drug-likeness (QED) is 0.496. The monoisotopic (exact) mass is 259 g/mol. The van der Waals surface area contributed by atoms with Crippen LogP contribution in [0.1, 0.15) is 16.1 Å². The summed E-state index contributed by atoms with van der Waals surface area (Å²) in [5.41, 5.74) is 0.534. The Balaban J connectivity index is 2.74. The van der Waals surface area contributed by atoms with E-state index in [-0.39, 0.29) is 11.3 Å². The number of nitrogens with zero attached hydrogens (tertiary/aromatic N) is 2. The molecule has 0 fully saturated rings. The molecule has 0 amide bonds. The molecule has 0 aromatic carbocycles. The molecule has 0 saturated heterocycles. The lowest BCUT2D eigenvalue weighted by Crippen LogP contribution is -2.15. The molecule has 0 atom stereocenters. The van der Waals surface area contributed by atoms with Crippen LogP contribution in [0.2, 0.25) is 0 Å². The van der Waals surface area contributed by atoms with Gasteiger partial charge in [0.15, 0.2) is 5.69 Å². The number of ether oxygens (including phenoxy) is 2. The molecule has 1 N–H and O–H groups in total. The SMILES string of the molecule is COC(=O)C(=O)c1c[nH]c2c(C#N)ncc(OC)c12. The molecule has 2 rings (SSSR count). The number of fused-ring (bicyclic) bond motifs is 1. The van der Waals surface area contributed by atoms with Gasteiger partial charge in [-0.2, -0.15) is 5.26 Å². The van der Waals surface area contributed by atoms with Gasteiger partial charge in [-0.1, -0.05) is 0 Å². The Hall–Kier alpha value is -2.88. The maximum Gasteiger partial charge on any atom is 0.379 e. The predicted octanol–water partition coefficient (Wildman–Crippen LogP) is 0.799. The zero-order chi connectivity index (χ0) is 14.0. The van der Waals surface area contributed by atoms with Crippen LogP contribution in [0, 0.1) is 11.3 Å². The number of pyridine rings is 1. The number of aromatic nitrogens is 2. The van der Waals surface area contributed by atoms with Crippen molar-refractivity contribution in [3.63, 3.8) is 0 Å². The molecule has 0 saturated carbocycles. The average Bonchev–Trinajstić information content (AvgIpc) is 2.89. The first-order valence-corrected chi connectivity index (χ1v) is 5.20. The fourth-order valence-electron chi connectivity index (χ4n) is 1.74. The Labute approximate surface area is 107 Å². The Morgan fingerprint density at radius 2 is 2.16 bits per heavy atom. The molecule has 0 bridgehead atoms. The van der Waals surface area contributed by atoms with Gasteiger partial charge < -0.3 is 14.5 Å². The summed E-state index contributed by atoms with van der Waals surface area (Å²) in [4.78, 5) is 29.8. The number of rotatable bonds is 3. The fourth-order valence-corrected chi connectivity index (χ4v) is 1.74. The number of carbonyl (C=O) groups is 2. The number of H-pyrrole nitrogens is 1. The molecule has 0 aliphatic carbocycles. The number of Topliss-reactive ketones (excluding diaryl/α,β-unsaturated/α-hetero) is 1. The minimum atomic E-state index is -0.988. The van der Waals surface area contributed by atoms with Gasteiger partial charge in [0.1, 0.15) is 11.8 Å². The van der Waals surface area contributed by atoms with Crippen molar-refractivity contribution in [3.8, 4) is 11.8 Å². The molecule has 7 nitrogen and oxygen atoms in total. The van der Waals surface area contributed by atoms with E-state index in [1.54, 1.807) is 0 Å². The van der Waals surface area contributed by atoms with Gasteiger partial charge in [0.25, 0.3) is 5.78 Å². The van der Waals surface area contributed by atoms with Crippen molar-refractivity contribution >= 4 is 22.7 Å². The van der Waals surface area contributed by atoms with Crippen molar-refractivity contribution in [1.29, 1.82) is 5.26 Å². The largest absolute Gasteiger partial charge is 0.494 e. The lowest BCUT2D eigenvalue weighted by atomic mass is 10.1. The van der Waals surface area contributed by atoms with Crippen molar-refractivity contribution in [3.05, 3.63) is 23.7 Å². The Bertz CT molecular complexity index is 712. The van der Waals surface area contributed by atoms with Crippen molar-refractivity contribution < 1.29 is 19.1 Å². The Morgan fingerprint density at radius 3 is 2.74 bits per heavy atom. The first kappa shape index (κ1) is 12.6. The minimum Gasteiger partial charge on any atom is -0.494 e. The highest BCUT2D eigenvalue weighted by Crippen LogP contribution is 2.29. The van der Waals surface area contributed by atoms with Gasteiger partial charge in [-0.15, -0.1) is 0 Å². The van der Waals surface area contributed by atoms with Crippen molar-refractivity contribution in [2.24, 2.45) is 0 Å². The number of hydrogen-bond donors (Lipinski definition) is 1. The molecule has 0 spiro atoms. The zero-order valence-corrected chi connectivity index (χ0v) is 10.2. The third kappa shape index (κ3) is 1.89. The molecule has 7 heteroatoms. The van der Waals surface area contributed by atoms with E-state index in [0.29, 0.717) is 16.7 Å². The van der Waals surface area contributed by atoms with Crippen molar-refractivity contribution in [1.82, 2.24) is 9.97 Å². The number of methoxy groups -OCH3 is 2. The number of nitrogens with one attached hydrogen (secondary N) is 1. The van der Waals surface area contributed by atoms with Crippen LogP contribution >= 0.6 is 0 Å². The van der Waals surface area contributed by atoms with Crippen LogP contribution in [0.4, 0.5) is 0 Å². The smallest absolute Gasteiger partial charge is 0.379 e. The van der Waals surface area contributed by atoms with E-state index < -0.39 is 11.8 Å². The lowest BCUT2D eigenvalue weighted by molar-refractivity contribution is -0.135. The third-order valence-corrected chi connectivity index (χ3v) is 2.62. The molecule has 0 aliphatic heterocycles. The van der Waals surface area contributed by atoms with Crippen LogP contribution in [-0.4, -0.2) is 35.9 Å². The Kier molecular flexibility index (Phi) is 3.16. The fraction of sp³-hybridized carbons (Fsp3) is 0.167.